The van der Waals surface area contributed by atoms with Crippen LogP contribution >= 0.6 is 11.6 Å². The van der Waals surface area contributed by atoms with E-state index >= 15 is 0 Å². The second-order valence-electron chi connectivity index (χ2n) is 7.27. The average Bonchev–Trinajstić information content (AvgIpc) is 3.05. The maximum atomic E-state index is 12.6. The first-order valence-electron chi connectivity index (χ1n) is 9.30. The van der Waals surface area contributed by atoms with E-state index in [0.29, 0.717) is 33.9 Å². The van der Waals surface area contributed by atoms with Crippen molar-refractivity contribution in [3.63, 3.8) is 0 Å². The predicted octanol–water partition coefficient (Wildman–Crippen LogP) is 4.98. The lowest BCUT2D eigenvalue weighted by atomic mass is 9.99. The Morgan fingerprint density at radius 1 is 1.10 bits per heavy atom. The van der Waals surface area contributed by atoms with Crippen LogP contribution in [0, 0.1) is 20.8 Å². The Morgan fingerprint density at radius 3 is 2.66 bits per heavy atom. The van der Waals surface area contributed by atoms with E-state index < -0.39 is 5.63 Å². The highest BCUT2D eigenvalue weighted by atomic mass is 35.5. The molecule has 1 N–H and O–H groups in total. The van der Waals surface area contributed by atoms with E-state index in [-0.39, 0.29) is 12.3 Å². The van der Waals surface area contributed by atoms with Gasteiger partial charge in [-0.3, -0.25) is 4.79 Å². The van der Waals surface area contributed by atoms with Gasteiger partial charge in [-0.25, -0.2) is 4.79 Å². The summed E-state index contributed by atoms with van der Waals surface area (Å²) in [5.41, 5.74) is 4.56. The maximum Gasteiger partial charge on any atom is 0.340 e. The third-order valence-electron chi connectivity index (χ3n) is 5.18. The van der Waals surface area contributed by atoms with Gasteiger partial charge in [-0.15, -0.1) is 0 Å². The third-order valence-corrected chi connectivity index (χ3v) is 5.42. The number of hydrogen-bond donors (Lipinski definition) is 1. The molecule has 4 rings (SSSR count). The van der Waals surface area contributed by atoms with Gasteiger partial charge in [0.25, 0.3) is 0 Å². The summed E-state index contributed by atoms with van der Waals surface area (Å²) in [4.78, 5) is 25.1. The Balaban J connectivity index is 1.68. The molecule has 2 heterocycles. The molecule has 0 fully saturated rings. The number of furan rings is 1. The molecule has 0 unspecified atom stereocenters. The van der Waals surface area contributed by atoms with Gasteiger partial charge in [-0.05, 0) is 61.2 Å². The Morgan fingerprint density at radius 2 is 1.90 bits per heavy atom. The molecule has 4 aromatic rings. The van der Waals surface area contributed by atoms with E-state index in [2.05, 4.69) is 5.32 Å². The SMILES string of the molecule is Cc1coc2c1c(C)cc1oc(=O)c(CC(=O)NCc3cccc(Cl)c3)c(C)c12. The molecule has 2 aromatic carbocycles. The summed E-state index contributed by atoms with van der Waals surface area (Å²) in [6.45, 7) is 6.09. The maximum absolute atomic E-state index is 12.6. The van der Waals surface area contributed by atoms with Crippen LogP contribution in [-0.2, 0) is 17.8 Å². The van der Waals surface area contributed by atoms with Crippen molar-refractivity contribution in [2.24, 2.45) is 0 Å². The number of carbonyl (C=O) groups excluding carboxylic acids is 1. The fourth-order valence-electron chi connectivity index (χ4n) is 3.75. The van der Waals surface area contributed by atoms with Crippen molar-refractivity contribution < 1.29 is 13.6 Å². The van der Waals surface area contributed by atoms with Crippen molar-refractivity contribution in [3.05, 3.63) is 79.9 Å². The molecule has 0 aliphatic rings. The zero-order valence-electron chi connectivity index (χ0n) is 16.4. The normalized spacial score (nSPS) is 11.3. The highest BCUT2D eigenvalue weighted by Crippen LogP contribution is 2.34. The first-order valence-corrected chi connectivity index (χ1v) is 9.67. The molecule has 2 aromatic heterocycles. The highest BCUT2D eigenvalue weighted by molar-refractivity contribution is 6.30. The van der Waals surface area contributed by atoms with E-state index in [1.54, 1.807) is 18.4 Å². The van der Waals surface area contributed by atoms with Crippen molar-refractivity contribution in [2.45, 2.75) is 33.7 Å². The number of fused-ring (bicyclic) bond motifs is 3. The number of carbonyl (C=O) groups is 1. The quantitative estimate of drug-likeness (QED) is 0.482. The van der Waals surface area contributed by atoms with Gasteiger partial charge in [-0.1, -0.05) is 23.7 Å². The van der Waals surface area contributed by atoms with Gasteiger partial charge in [0, 0.05) is 17.0 Å². The van der Waals surface area contributed by atoms with Crippen molar-refractivity contribution in [3.8, 4) is 0 Å². The molecule has 0 bridgehead atoms. The zero-order valence-corrected chi connectivity index (χ0v) is 17.1. The summed E-state index contributed by atoms with van der Waals surface area (Å²) in [7, 11) is 0. The van der Waals surface area contributed by atoms with Crippen LogP contribution in [0.3, 0.4) is 0 Å². The van der Waals surface area contributed by atoms with Crippen LogP contribution in [0.1, 0.15) is 27.8 Å². The molecular weight excluding hydrogens is 390 g/mol. The van der Waals surface area contributed by atoms with Crippen molar-refractivity contribution >= 4 is 39.4 Å². The number of rotatable bonds is 4. The minimum Gasteiger partial charge on any atom is -0.463 e. The average molecular weight is 410 g/mol. The largest absolute Gasteiger partial charge is 0.463 e. The van der Waals surface area contributed by atoms with Crippen LogP contribution in [0.5, 0.6) is 0 Å². The van der Waals surface area contributed by atoms with E-state index in [1.165, 1.54) is 0 Å². The first-order chi connectivity index (χ1) is 13.8. The molecule has 6 heteroatoms. The molecule has 0 spiro atoms. The second kappa shape index (κ2) is 7.41. The first kappa shape index (κ1) is 19.3. The van der Waals surface area contributed by atoms with E-state index in [1.807, 2.05) is 39.0 Å². The van der Waals surface area contributed by atoms with Crippen LogP contribution < -0.4 is 10.9 Å². The molecule has 0 radical (unpaired) electrons. The standard InChI is InChI=1S/C23H20ClNO4/c1-12-7-18-21(22-20(12)13(2)11-28-22)14(3)17(23(27)29-18)9-19(26)25-10-15-5-4-6-16(24)8-15/h4-8,11H,9-10H2,1-3H3,(H,25,26). The monoisotopic (exact) mass is 409 g/mol. The van der Waals surface area contributed by atoms with Crippen molar-refractivity contribution in [1.29, 1.82) is 0 Å². The molecule has 5 nitrogen and oxygen atoms in total. The van der Waals surface area contributed by atoms with Crippen LogP contribution in [-0.4, -0.2) is 5.91 Å². The summed E-state index contributed by atoms with van der Waals surface area (Å²) in [6, 6.07) is 9.10. The van der Waals surface area contributed by atoms with Crippen LogP contribution in [0.4, 0.5) is 0 Å². The zero-order chi connectivity index (χ0) is 20.7. The van der Waals surface area contributed by atoms with Gasteiger partial charge < -0.3 is 14.2 Å². The van der Waals surface area contributed by atoms with Gasteiger partial charge in [0.2, 0.25) is 5.91 Å². The molecule has 0 atom stereocenters. The molecule has 0 aliphatic carbocycles. The van der Waals surface area contributed by atoms with E-state index in [4.69, 9.17) is 20.4 Å². The van der Waals surface area contributed by atoms with Crippen LogP contribution in [0.25, 0.3) is 21.9 Å². The Bertz CT molecular complexity index is 1320. The molecular formula is C23H20ClNO4. The Labute approximate surface area is 172 Å². The number of nitrogens with one attached hydrogen (secondary N) is 1. The van der Waals surface area contributed by atoms with Gasteiger partial charge >= 0.3 is 5.63 Å². The van der Waals surface area contributed by atoms with Gasteiger partial charge in [0.1, 0.15) is 11.2 Å². The fraction of sp³-hybridized carbons (Fsp3) is 0.217. The summed E-state index contributed by atoms with van der Waals surface area (Å²) < 4.78 is 11.3. The highest BCUT2D eigenvalue weighted by Gasteiger charge is 2.19. The van der Waals surface area contributed by atoms with Crippen molar-refractivity contribution in [1.82, 2.24) is 5.32 Å². The Kier molecular flexibility index (Phi) is 4.92. The summed E-state index contributed by atoms with van der Waals surface area (Å²) in [6.07, 6.45) is 1.62. The number of benzene rings is 2. The topological polar surface area (TPSA) is 72.5 Å². The number of aryl methyl sites for hydroxylation is 3. The molecule has 29 heavy (non-hydrogen) atoms. The van der Waals surface area contributed by atoms with Gasteiger partial charge in [0.05, 0.1) is 23.6 Å². The van der Waals surface area contributed by atoms with E-state index in [0.717, 1.165) is 27.5 Å². The summed E-state index contributed by atoms with van der Waals surface area (Å²) >= 11 is 5.97. The molecule has 1 amide bonds. The van der Waals surface area contributed by atoms with Crippen LogP contribution in [0.2, 0.25) is 5.02 Å². The molecule has 0 saturated carbocycles. The summed E-state index contributed by atoms with van der Waals surface area (Å²) in [5, 5.41) is 5.17. The number of hydrogen-bond acceptors (Lipinski definition) is 4. The summed E-state index contributed by atoms with van der Waals surface area (Å²) in [5.74, 6) is -0.265. The lowest BCUT2D eigenvalue weighted by molar-refractivity contribution is -0.120. The minimum absolute atomic E-state index is 0.0697. The Hall–Kier alpha value is -3.05. The fourth-order valence-corrected chi connectivity index (χ4v) is 3.96. The lowest BCUT2D eigenvalue weighted by Crippen LogP contribution is -2.27. The predicted molar refractivity (Wildman–Crippen MR) is 113 cm³/mol. The molecule has 0 aliphatic heterocycles. The molecule has 0 saturated heterocycles. The van der Waals surface area contributed by atoms with Gasteiger partial charge in [0.15, 0.2) is 0 Å². The smallest absolute Gasteiger partial charge is 0.340 e. The van der Waals surface area contributed by atoms with Crippen LogP contribution in [0.15, 0.2) is 50.2 Å². The minimum atomic E-state index is -0.505. The number of halogens is 1. The van der Waals surface area contributed by atoms with E-state index in [9.17, 15) is 9.59 Å². The lowest BCUT2D eigenvalue weighted by Gasteiger charge is -2.10. The van der Waals surface area contributed by atoms with Gasteiger partial charge in [-0.2, -0.15) is 0 Å². The molecule has 148 valence electrons. The third kappa shape index (κ3) is 3.54. The van der Waals surface area contributed by atoms with Crippen molar-refractivity contribution in [2.75, 3.05) is 0 Å². The number of amides is 1. The second-order valence-corrected chi connectivity index (χ2v) is 7.70.